The minimum absolute atomic E-state index is 0.0670. The van der Waals surface area contributed by atoms with Crippen molar-refractivity contribution in [3.63, 3.8) is 0 Å². The molecule has 3 aromatic rings. The lowest BCUT2D eigenvalue weighted by Crippen LogP contribution is -2.40. The van der Waals surface area contributed by atoms with Gasteiger partial charge in [-0.25, -0.2) is 9.97 Å². The number of likely N-dealkylation sites (tertiary alicyclic amines) is 1. The molecule has 6 rings (SSSR count). The van der Waals surface area contributed by atoms with Gasteiger partial charge in [0.1, 0.15) is 0 Å². The fourth-order valence-corrected chi connectivity index (χ4v) is 4.63. The molecule has 1 N–H and O–H groups in total. The Morgan fingerprint density at radius 1 is 1.20 bits per heavy atom. The summed E-state index contributed by atoms with van der Waals surface area (Å²) >= 11 is 0. The first kappa shape index (κ1) is 18.0. The van der Waals surface area contributed by atoms with Crippen LogP contribution in [0, 0.1) is 0 Å². The maximum atomic E-state index is 5.97. The van der Waals surface area contributed by atoms with Gasteiger partial charge in [0, 0.05) is 42.5 Å². The van der Waals surface area contributed by atoms with Crippen molar-refractivity contribution in [2.45, 2.75) is 43.9 Å². The van der Waals surface area contributed by atoms with Crippen LogP contribution in [0.4, 0.5) is 5.95 Å². The molecule has 0 bridgehead atoms. The molecule has 1 spiro atoms. The van der Waals surface area contributed by atoms with E-state index in [1.165, 1.54) is 18.5 Å². The second-order valence-corrected chi connectivity index (χ2v) is 8.77. The predicted octanol–water partition coefficient (Wildman–Crippen LogP) is 3.38. The van der Waals surface area contributed by atoms with Crippen LogP contribution in [-0.2, 0) is 23.3 Å². The zero-order valence-corrected chi connectivity index (χ0v) is 16.9. The van der Waals surface area contributed by atoms with E-state index in [9.17, 15) is 0 Å². The summed E-state index contributed by atoms with van der Waals surface area (Å²) in [4.78, 5) is 11.9. The molecule has 1 saturated heterocycles. The molecule has 0 unspecified atom stereocenters. The van der Waals surface area contributed by atoms with Crippen LogP contribution in [0.3, 0.4) is 0 Å². The number of aromatic nitrogens is 3. The number of ether oxygens (including phenoxy) is 1. The SMILES string of the molecule is c1ccc(-c2cc(CN3CC[C@@]4(COCc5cnc(NC6CC6)nc54)C3)no2)cc1. The molecule has 1 saturated carbocycles. The third kappa shape index (κ3) is 3.38. The van der Waals surface area contributed by atoms with E-state index in [4.69, 9.17) is 14.2 Å². The number of hydrogen-bond acceptors (Lipinski definition) is 7. The minimum Gasteiger partial charge on any atom is -0.376 e. The van der Waals surface area contributed by atoms with E-state index >= 15 is 0 Å². The van der Waals surface area contributed by atoms with Gasteiger partial charge in [-0.2, -0.15) is 0 Å². The summed E-state index contributed by atoms with van der Waals surface area (Å²) in [5, 5.41) is 7.75. The molecule has 154 valence electrons. The van der Waals surface area contributed by atoms with Crippen LogP contribution in [0.5, 0.6) is 0 Å². The van der Waals surface area contributed by atoms with Crippen molar-refractivity contribution in [1.29, 1.82) is 0 Å². The molecule has 1 aliphatic carbocycles. The first-order valence-electron chi connectivity index (χ1n) is 10.7. The van der Waals surface area contributed by atoms with Crippen LogP contribution in [0.2, 0.25) is 0 Å². The lowest BCUT2D eigenvalue weighted by atomic mass is 9.80. The molecule has 7 nitrogen and oxygen atoms in total. The molecule has 2 aromatic heterocycles. The normalized spacial score (nSPS) is 23.6. The molecule has 30 heavy (non-hydrogen) atoms. The summed E-state index contributed by atoms with van der Waals surface area (Å²) in [6.07, 6.45) is 5.40. The van der Waals surface area contributed by atoms with E-state index in [2.05, 4.69) is 20.4 Å². The third-order valence-corrected chi connectivity index (χ3v) is 6.35. The summed E-state index contributed by atoms with van der Waals surface area (Å²) in [6.45, 7) is 3.99. The Labute approximate surface area is 175 Å². The molecular formula is C23H25N5O2. The van der Waals surface area contributed by atoms with Crippen LogP contribution >= 0.6 is 0 Å². The highest BCUT2D eigenvalue weighted by atomic mass is 16.5. The molecule has 0 amide bonds. The standard InChI is InChI=1S/C23H25N5O2/c1-2-4-16(5-3-1)20-10-19(27-30-20)12-28-9-8-23(14-28)15-29-13-17-11-24-22(26-21(17)23)25-18-6-7-18/h1-5,10-11,18H,6-9,12-15H2,(H,24,25,26)/t23-/m0/s1. The highest BCUT2D eigenvalue weighted by Crippen LogP contribution is 2.40. The monoisotopic (exact) mass is 403 g/mol. The number of nitrogens with one attached hydrogen (secondary N) is 1. The maximum Gasteiger partial charge on any atom is 0.223 e. The van der Waals surface area contributed by atoms with E-state index in [1.54, 1.807) is 0 Å². The second kappa shape index (κ2) is 7.18. The predicted molar refractivity (Wildman–Crippen MR) is 112 cm³/mol. The van der Waals surface area contributed by atoms with Gasteiger partial charge in [0.25, 0.3) is 0 Å². The van der Waals surface area contributed by atoms with Gasteiger partial charge in [-0.1, -0.05) is 35.5 Å². The summed E-state index contributed by atoms with van der Waals surface area (Å²) in [5.41, 5.74) is 4.23. The van der Waals surface area contributed by atoms with E-state index in [0.29, 0.717) is 19.3 Å². The van der Waals surface area contributed by atoms with Crippen molar-refractivity contribution in [2.24, 2.45) is 0 Å². The Kier molecular flexibility index (Phi) is 4.32. The zero-order chi connectivity index (χ0) is 20.0. The van der Waals surface area contributed by atoms with Gasteiger partial charge < -0.3 is 14.6 Å². The average Bonchev–Trinajstić information content (AvgIpc) is 3.32. The largest absolute Gasteiger partial charge is 0.376 e. The van der Waals surface area contributed by atoms with Crippen molar-refractivity contribution in [1.82, 2.24) is 20.0 Å². The summed E-state index contributed by atoms with van der Waals surface area (Å²) < 4.78 is 11.5. The quantitative estimate of drug-likeness (QED) is 0.700. The maximum absolute atomic E-state index is 5.97. The van der Waals surface area contributed by atoms with Gasteiger partial charge >= 0.3 is 0 Å². The van der Waals surface area contributed by atoms with Crippen LogP contribution < -0.4 is 5.32 Å². The van der Waals surface area contributed by atoms with Gasteiger partial charge in [-0.05, 0) is 25.8 Å². The Morgan fingerprint density at radius 2 is 2.10 bits per heavy atom. The molecule has 0 radical (unpaired) electrons. The van der Waals surface area contributed by atoms with Crippen molar-refractivity contribution >= 4 is 5.95 Å². The molecule has 2 aliphatic heterocycles. The van der Waals surface area contributed by atoms with Crippen LogP contribution in [-0.4, -0.2) is 45.8 Å². The van der Waals surface area contributed by atoms with Gasteiger partial charge in [0.05, 0.1) is 30.0 Å². The van der Waals surface area contributed by atoms with Gasteiger partial charge in [0.15, 0.2) is 5.76 Å². The van der Waals surface area contributed by atoms with Gasteiger partial charge in [-0.3, -0.25) is 4.90 Å². The van der Waals surface area contributed by atoms with E-state index in [1.807, 2.05) is 42.6 Å². The Balaban J connectivity index is 1.20. The first-order chi connectivity index (χ1) is 14.8. The fourth-order valence-electron chi connectivity index (χ4n) is 4.63. The fraction of sp³-hybridized carbons (Fsp3) is 0.435. The average molecular weight is 403 g/mol. The van der Waals surface area contributed by atoms with Gasteiger partial charge in [-0.15, -0.1) is 0 Å². The Hall–Kier alpha value is -2.77. The zero-order valence-electron chi connectivity index (χ0n) is 16.9. The van der Waals surface area contributed by atoms with Crippen LogP contribution in [0.1, 0.15) is 36.2 Å². The number of nitrogens with zero attached hydrogens (tertiary/aromatic N) is 4. The van der Waals surface area contributed by atoms with Crippen LogP contribution in [0.15, 0.2) is 47.1 Å². The summed E-state index contributed by atoms with van der Waals surface area (Å²) in [7, 11) is 0. The number of fused-ring (bicyclic) bond motifs is 2. The van der Waals surface area contributed by atoms with Gasteiger partial charge in [0.2, 0.25) is 5.95 Å². The van der Waals surface area contributed by atoms with Crippen molar-refractivity contribution in [2.75, 3.05) is 25.0 Å². The lowest BCUT2D eigenvalue weighted by Gasteiger charge is -2.34. The topological polar surface area (TPSA) is 76.3 Å². The number of rotatable bonds is 5. The number of benzene rings is 1. The van der Waals surface area contributed by atoms with Crippen molar-refractivity contribution in [3.05, 3.63) is 59.5 Å². The number of anilines is 1. The highest BCUT2D eigenvalue weighted by molar-refractivity contribution is 5.56. The lowest BCUT2D eigenvalue weighted by molar-refractivity contribution is 0.0502. The van der Waals surface area contributed by atoms with Crippen molar-refractivity contribution in [3.8, 4) is 11.3 Å². The summed E-state index contributed by atoms with van der Waals surface area (Å²) in [5.74, 6) is 1.58. The van der Waals surface area contributed by atoms with E-state index < -0.39 is 0 Å². The molecule has 3 aliphatic rings. The second-order valence-electron chi connectivity index (χ2n) is 8.77. The van der Waals surface area contributed by atoms with Crippen molar-refractivity contribution < 1.29 is 9.26 Å². The van der Waals surface area contributed by atoms with E-state index in [0.717, 1.165) is 54.6 Å². The smallest absolute Gasteiger partial charge is 0.223 e. The van der Waals surface area contributed by atoms with Crippen LogP contribution in [0.25, 0.3) is 11.3 Å². The Bertz CT molecular complexity index is 1050. The molecule has 1 atom stereocenters. The molecule has 1 aromatic carbocycles. The molecule has 4 heterocycles. The third-order valence-electron chi connectivity index (χ3n) is 6.35. The number of hydrogen-bond donors (Lipinski definition) is 1. The first-order valence-corrected chi connectivity index (χ1v) is 10.7. The molecule has 2 fully saturated rings. The molecule has 7 heteroatoms. The highest BCUT2D eigenvalue weighted by Gasteiger charge is 2.45. The van der Waals surface area contributed by atoms with E-state index in [-0.39, 0.29) is 5.41 Å². The molecular weight excluding hydrogens is 378 g/mol. The minimum atomic E-state index is -0.0670. The Morgan fingerprint density at radius 3 is 2.97 bits per heavy atom. The summed E-state index contributed by atoms with van der Waals surface area (Å²) in [6, 6.07) is 12.7.